The molecular weight excluding hydrogens is 374 g/mol. The Morgan fingerprint density at radius 2 is 1.67 bits per heavy atom. The molecule has 1 unspecified atom stereocenters. The van der Waals surface area contributed by atoms with E-state index in [1.807, 2.05) is 54.6 Å². The molecule has 134 valence electrons. The van der Waals surface area contributed by atoms with Crippen LogP contribution >= 0.6 is 20.2 Å². The predicted octanol–water partition coefficient (Wildman–Crippen LogP) is 4.42. The van der Waals surface area contributed by atoms with Crippen LogP contribution in [0.3, 0.4) is 0 Å². The monoisotopic (exact) mass is 392 g/mol. The fraction of sp³-hybridized carbons (Fsp3) is 0.0952. The van der Waals surface area contributed by atoms with Crippen LogP contribution in [0.2, 0.25) is 5.02 Å². The zero-order chi connectivity index (χ0) is 18.4. The zero-order valence-electron chi connectivity index (χ0n) is 14.2. The molecule has 0 bridgehead atoms. The van der Waals surface area contributed by atoms with Crippen LogP contribution in [0.5, 0.6) is 11.5 Å². The summed E-state index contributed by atoms with van der Waals surface area (Å²) in [7, 11) is 1.50. The van der Waals surface area contributed by atoms with Crippen molar-refractivity contribution in [1.82, 2.24) is 0 Å². The number of methoxy groups -OCH3 is 1. The van der Waals surface area contributed by atoms with Gasteiger partial charge in [0.2, 0.25) is 0 Å². The van der Waals surface area contributed by atoms with Crippen LogP contribution in [0.4, 0.5) is 0 Å². The molecule has 3 aromatic rings. The summed E-state index contributed by atoms with van der Waals surface area (Å²) >= 11 is 6.18. The first-order chi connectivity index (χ1) is 12.7. The third kappa shape index (κ3) is 5.86. The molecule has 0 aliphatic carbocycles. The zero-order valence-corrected chi connectivity index (χ0v) is 16.0. The molecule has 0 heterocycles. The van der Waals surface area contributed by atoms with Gasteiger partial charge >= 0.3 is 18.9 Å². The Bertz CT molecular complexity index is 886. The van der Waals surface area contributed by atoms with Gasteiger partial charge in [-0.15, -0.1) is 0 Å². The van der Waals surface area contributed by atoms with E-state index < -0.39 is 0 Å². The molecule has 6 heteroatoms. The summed E-state index contributed by atoms with van der Waals surface area (Å²) in [6, 6.07) is 22.7. The van der Waals surface area contributed by atoms with Crippen LogP contribution in [0.1, 0.15) is 15.9 Å². The Morgan fingerprint density at radius 3 is 2.33 bits per heavy atom. The molecule has 0 aromatic heterocycles. The van der Waals surface area contributed by atoms with Crippen molar-refractivity contribution in [2.24, 2.45) is 0 Å². The molecule has 0 spiro atoms. The first kappa shape index (κ1) is 21.5. The normalized spacial score (nSPS) is 10.4. The van der Waals surface area contributed by atoms with Gasteiger partial charge in [-0.1, -0.05) is 60.1 Å². The van der Waals surface area contributed by atoms with E-state index in [1.165, 1.54) is 7.11 Å². The molecule has 0 radical (unpaired) electrons. The minimum absolute atomic E-state index is 0. The fourth-order valence-electron chi connectivity index (χ4n) is 2.46. The summed E-state index contributed by atoms with van der Waals surface area (Å²) in [6.45, 7) is 0.512. The molecule has 3 nitrogen and oxygen atoms in total. The number of hydrogen-bond donors (Lipinski definition) is 0. The first-order valence-electron chi connectivity index (χ1n) is 8.08. The number of benzene rings is 3. The first-order valence-corrected chi connectivity index (χ1v) is 9.46. The predicted molar refractivity (Wildman–Crippen MR) is 115 cm³/mol. The average molecular weight is 393 g/mol. The second-order valence-corrected chi connectivity index (χ2v) is 7.26. The summed E-state index contributed by atoms with van der Waals surface area (Å²) in [5, 5.41) is 1.33. The molecule has 0 fully saturated rings. The molecule has 0 saturated heterocycles. The van der Waals surface area contributed by atoms with Crippen LogP contribution in [0, 0.1) is 0 Å². The molecule has 3 aromatic carbocycles. The van der Waals surface area contributed by atoms with E-state index in [-0.39, 0.29) is 33.0 Å². The number of halogens is 1. The van der Waals surface area contributed by atoms with Gasteiger partial charge in [-0.3, -0.25) is 4.79 Å². The van der Waals surface area contributed by atoms with Crippen LogP contribution in [-0.4, -0.2) is 31.5 Å². The van der Waals surface area contributed by atoms with Crippen molar-refractivity contribution >= 4 is 49.9 Å². The van der Waals surface area contributed by atoms with E-state index in [1.54, 1.807) is 18.2 Å². The van der Waals surface area contributed by atoms with Crippen molar-refractivity contribution in [3.05, 3.63) is 88.9 Å². The van der Waals surface area contributed by atoms with E-state index in [2.05, 4.69) is 0 Å². The summed E-state index contributed by atoms with van der Waals surface area (Å²) in [5.74, 6) is 1.27. The van der Waals surface area contributed by atoms with Crippen molar-refractivity contribution in [3.8, 4) is 11.5 Å². The van der Waals surface area contributed by atoms with Crippen LogP contribution in [0.25, 0.3) is 0 Å². The van der Waals surface area contributed by atoms with E-state index >= 15 is 0 Å². The van der Waals surface area contributed by atoms with Crippen molar-refractivity contribution in [2.45, 2.75) is 6.61 Å². The van der Waals surface area contributed by atoms with Crippen molar-refractivity contribution < 1.29 is 14.3 Å². The summed E-state index contributed by atoms with van der Waals surface area (Å²) in [4.78, 5) is 12.6. The van der Waals surface area contributed by atoms with Gasteiger partial charge in [0.05, 0.1) is 17.7 Å². The third-order valence-electron chi connectivity index (χ3n) is 3.78. The molecule has 3 rings (SSSR count). The molecule has 1 atom stereocenters. The second kappa shape index (κ2) is 10.5. The second-order valence-electron chi connectivity index (χ2n) is 5.57. The van der Waals surface area contributed by atoms with E-state index in [0.29, 0.717) is 22.9 Å². The number of hydrogen-bond acceptors (Lipinski definition) is 3. The van der Waals surface area contributed by atoms with Gasteiger partial charge in [0.25, 0.3) is 0 Å². The molecule has 0 N–H and O–H groups in total. The Balaban J connectivity index is 0.00000261. The molecule has 27 heavy (non-hydrogen) atoms. The summed E-state index contributed by atoms with van der Waals surface area (Å²) < 4.78 is 11.0. The number of ether oxygens (including phenoxy) is 2. The average Bonchev–Trinajstić information content (AvgIpc) is 2.68. The third-order valence-corrected chi connectivity index (χ3v) is 5.20. The Morgan fingerprint density at radius 1 is 0.963 bits per heavy atom. The standard InChI is InChI=1S/C21H18ClO3P.Li.H/c1-24-19-9-5-8-18(22)20(19)21(23)26-17-12-10-16(11-13-17)25-14-15-6-3-2-4-7-15;;/h2-13,26H,14H2,1H3;;. The van der Waals surface area contributed by atoms with Gasteiger partial charge < -0.3 is 9.47 Å². The maximum atomic E-state index is 12.6. The number of carbonyl (C=O) groups is 1. The van der Waals surface area contributed by atoms with Crippen molar-refractivity contribution in [1.29, 1.82) is 0 Å². The van der Waals surface area contributed by atoms with Gasteiger partial charge in [-0.05, 0) is 43.7 Å². The molecule has 0 aliphatic heterocycles. The van der Waals surface area contributed by atoms with Gasteiger partial charge in [0.1, 0.15) is 18.1 Å². The van der Waals surface area contributed by atoms with Crippen LogP contribution in [0.15, 0.2) is 72.8 Å². The quantitative estimate of drug-likeness (QED) is 0.441. The van der Waals surface area contributed by atoms with Gasteiger partial charge in [0, 0.05) is 0 Å². The van der Waals surface area contributed by atoms with Gasteiger partial charge in [-0.25, -0.2) is 0 Å². The summed E-state index contributed by atoms with van der Waals surface area (Å²) in [6.07, 6.45) is 0. The fourth-order valence-corrected chi connectivity index (χ4v) is 3.77. The van der Waals surface area contributed by atoms with Crippen molar-refractivity contribution in [2.75, 3.05) is 7.11 Å². The number of rotatable bonds is 7. The topological polar surface area (TPSA) is 35.5 Å². The Labute approximate surface area is 178 Å². The SMILES string of the molecule is COc1cccc(Cl)c1C(=O)Pc1ccc(OCc2ccccc2)cc1.[LiH]. The van der Waals surface area contributed by atoms with Crippen LogP contribution in [-0.2, 0) is 6.61 Å². The van der Waals surface area contributed by atoms with Crippen LogP contribution < -0.4 is 14.8 Å². The van der Waals surface area contributed by atoms with E-state index in [0.717, 1.165) is 16.6 Å². The maximum absolute atomic E-state index is 12.6. The molecule has 0 saturated carbocycles. The Hall–Kier alpha value is -1.75. The van der Waals surface area contributed by atoms with Gasteiger partial charge in [0.15, 0.2) is 5.52 Å². The van der Waals surface area contributed by atoms with Gasteiger partial charge in [-0.2, -0.15) is 0 Å². The van der Waals surface area contributed by atoms with Crippen molar-refractivity contribution in [3.63, 3.8) is 0 Å². The van der Waals surface area contributed by atoms with E-state index in [9.17, 15) is 4.79 Å². The summed E-state index contributed by atoms with van der Waals surface area (Å²) in [5.41, 5.74) is 1.49. The molecule has 0 aliphatic rings. The molecule has 0 amide bonds. The number of carbonyl (C=O) groups excluding carboxylic acids is 1. The van der Waals surface area contributed by atoms with E-state index in [4.69, 9.17) is 21.1 Å². The molecular formula is C21H19ClLiO3P. The Kier molecular flexibility index (Phi) is 8.42. The minimum atomic E-state index is -0.0506.